The van der Waals surface area contributed by atoms with Gasteiger partial charge >= 0.3 is 0 Å². The summed E-state index contributed by atoms with van der Waals surface area (Å²) in [5, 5.41) is 6.33. The van der Waals surface area contributed by atoms with Gasteiger partial charge < -0.3 is 10.6 Å². The molecule has 0 aromatic heterocycles. The topological polar surface area (TPSA) is 41.1 Å². The van der Waals surface area contributed by atoms with E-state index in [0.29, 0.717) is 0 Å². The van der Waals surface area contributed by atoms with Gasteiger partial charge in [0.25, 0.3) is 0 Å². The van der Waals surface area contributed by atoms with Crippen molar-refractivity contribution in [1.82, 2.24) is 10.6 Å². The molecule has 0 radical (unpaired) electrons. The monoisotopic (exact) mass is 246 g/mol. The highest BCUT2D eigenvalue weighted by Crippen LogP contribution is 2.11. The minimum absolute atomic E-state index is 0.212. The number of carbonyl (C=O) groups excluding carboxylic acids is 1. The summed E-state index contributed by atoms with van der Waals surface area (Å²) in [6, 6.07) is 8.49. The van der Waals surface area contributed by atoms with Crippen LogP contribution in [0.3, 0.4) is 0 Å². The van der Waals surface area contributed by atoms with Crippen LogP contribution in [0.4, 0.5) is 0 Å². The first-order valence-corrected chi connectivity index (χ1v) is 6.79. The minimum Gasteiger partial charge on any atom is -0.356 e. The van der Waals surface area contributed by atoms with Crippen LogP contribution in [-0.4, -0.2) is 25.5 Å². The molecule has 2 rings (SSSR count). The van der Waals surface area contributed by atoms with Crippen molar-refractivity contribution in [1.29, 1.82) is 0 Å². The molecule has 0 saturated carbocycles. The highest BCUT2D eigenvalue weighted by atomic mass is 16.1. The molecular formula is C15H22N2O. The van der Waals surface area contributed by atoms with E-state index in [1.165, 1.54) is 11.1 Å². The Labute approximate surface area is 109 Å². The van der Waals surface area contributed by atoms with Gasteiger partial charge in [0.05, 0.1) is 0 Å². The number of benzene rings is 1. The Hall–Kier alpha value is -1.35. The third-order valence-electron chi connectivity index (χ3n) is 3.54. The number of carbonyl (C=O) groups is 1. The molecule has 98 valence electrons. The molecule has 3 heteroatoms. The fourth-order valence-corrected chi connectivity index (χ4v) is 2.31. The maximum atomic E-state index is 11.9. The van der Waals surface area contributed by atoms with Gasteiger partial charge in [0.15, 0.2) is 0 Å². The molecule has 0 spiro atoms. The van der Waals surface area contributed by atoms with Gasteiger partial charge in [-0.15, -0.1) is 0 Å². The van der Waals surface area contributed by atoms with E-state index in [1.807, 2.05) is 0 Å². The standard InChI is InChI=1S/C15H22N2O/c1-12-2-4-13(5-3-12)6-11-17-15(18)14-7-9-16-10-8-14/h2-5,14,16H,6-11H2,1H3,(H,17,18). The summed E-state index contributed by atoms with van der Waals surface area (Å²) < 4.78 is 0. The summed E-state index contributed by atoms with van der Waals surface area (Å²) in [5.41, 5.74) is 2.56. The van der Waals surface area contributed by atoms with Crippen LogP contribution in [0.15, 0.2) is 24.3 Å². The Morgan fingerprint density at radius 2 is 1.94 bits per heavy atom. The molecule has 0 unspecified atom stereocenters. The lowest BCUT2D eigenvalue weighted by molar-refractivity contribution is -0.125. The summed E-state index contributed by atoms with van der Waals surface area (Å²) >= 11 is 0. The van der Waals surface area contributed by atoms with Crippen molar-refractivity contribution in [3.05, 3.63) is 35.4 Å². The van der Waals surface area contributed by atoms with Crippen LogP contribution in [0.25, 0.3) is 0 Å². The summed E-state index contributed by atoms with van der Waals surface area (Å²) in [6.45, 7) is 4.76. The maximum Gasteiger partial charge on any atom is 0.223 e. The molecule has 0 aliphatic carbocycles. The predicted octanol–water partition coefficient (Wildman–Crippen LogP) is 1.65. The Kier molecular flexibility index (Phi) is 4.76. The number of nitrogens with one attached hydrogen (secondary N) is 2. The maximum absolute atomic E-state index is 11.9. The van der Waals surface area contributed by atoms with Gasteiger partial charge in [-0.25, -0.2) is 0 Å². The third kappa shape index (κ3) is 3.84. The van der Waals surface area contributed by atoms with Gasteiger partial charge in [-0.1, -0.05) is 29.8 Å². The largest absolute Gasteiger partial charge is 0.356 e. The molecule has 0 bridgehead atoms. The number of aryl methyl sites for hydroxylation is 1. The highest BCUT2D eigenvalue weighted by molar-refractivity contribution is 5.78. The van der Waals surface area contributed by atoms with Crippen LogP contribution in [0, 0.1) is 12.8 Å². The normalized spacial score (nSPS) is 16.5. The van der Waals surface area contributed by atoms with Crippen molar-refractivity contribution >= 4 is 5.91 Å². The van der Waals surface area contributed by atoms with Gasteiger partial charge in [0, 0.05) is 12.5 Å². The number of piperidine rings is 1. The van der Waals surface area contributed by atoms with Gasteiger partial charge in [-0.3, -0.25) is 4.79 Å². The van der Waals surface area contributed by atoms with Gasteiger partial charge in [0.2, 0.25) is 5.91 Å². The molecule has 1 amide bonds. The second kappa shape index (κ2) is 6.55. The molecule has 1 saturated heterocycles. The molecular weight excluding hydrogens is 224 g/mol. The lowest BCUT2D eigenvalue weighted by Gasteiger charge is -2.21. The van der Waals surface area contributed by atoms with Crippen molar-refractivity contribution in [2.75, 3.05) is 19.6 Å². The molecule has 1 fully saturated rings. The molecule has 1 aromatic carbocycles. The lowest BCUT2D eigenvalue weighted by atomic mass is 9.97. The molecule has 3 nitrogen and oxygen atoms in total. The van der Waals surface area contributed by atoms with E-state index < -0.39 is 0 Å². The zero-order valence-corrected chi connectivity index (χ0v) is 11.0. The van der Waals surface area contributed by atoms with Crippen LogP contribution in [-0.2, 0) is 11.2 Å². The molecule has 1 aliphatic heterocycles. The van der Waals surface area contributed by atoms with Gasteiger partial charge in [0.1, 0.15) is 0 Å². The van der Waals surface area contributed by atoms with Crippen molar-refractivity contribution in [3.8, 4) is 0 Å². The first-order chi connectivity index (χ1) is 8.75. The van der Waals surface area contributed by atoms with E-state index in [1.54, 1.807) is 0 Å². The van der Waals surface area contributed by atoms with E-state index in [2.05, 4.69) is 41.8 Å². The second-order valence-electron chi connectivity index (χ2n) is 5.05. The summed E-state index contributed by atoms with van der Waals surface area (Å²) in [6.07, 6.45) is 2.85. The molecule has 1 aromatic rings. The second-order valence-corrected chi connectivity index (χ2v) is 5.05. The van der Waals surface area contributed by atoms with Gasteiger partial charge in [-0.05, 0) is 44.8 Å². The number of amides is 1. The van der Waals surface area contributed by atoms with Crippen molar-refractivity contribution < 1.29 is 4.79 Å². The van der Waals surface area contributed by atoms with Crippen LogP contribution in [0.5, 0.6) is 0 Å². The average Bonchev–Trinajstić information content (AvgIpc) is 2.42. The van der Waals surface area contributed by atoms with Crippen LogP contribution in [0.2, 0.25) is 0 Å². The predicted molar refractivity (Wildman–Crippen MR) is 73.5 cm³/mol. The summed E-state index contributed by atoms with van der Waals surface area (Å²) in [5.74, 6) is 0.438. The molecule has 1 aliphatic rings. The number of hydrogen-bond acceptors (Lipinski definition) is 2. The van der Waals surface area contributed by atoms with E-state index in [-0.39, 0.29) is 11.8 Å². The van der Waals surface area contributed by atoms with Crippen molar-refractivity contribution in [3.63, 3.8) is 0 Å². The third-order valence-corrected chi connectivity index (χ3v) is 3.54. The fraction of sp³-hybridized carbons (Fsp3) is 0.533. The van der Waals surface area contributed by atoms with E-state index in [0.717, 1.165) is 38.9 Å². The summed E-state index contributed by atoms with van der Waals surface area (Å²) in [7, 11) is 0. The fourth-order valence-electron chi connectivity index (χ4n) is 2.31. The molecule has 1 heterocycles. The summed E-state index contributed by atoms with van der Waals surface area (Å²) in [4.78, 5) is 11.9. The van der Waals surface area contributed by atoms with Crippen LogP contribution < -0.4 is 10.6 Å². The Balaban J connectivity index is 1.71. The number of hydrogen-bond donors (Lipinski definition) is 2. The quantitative estimate of drug-likeness (QED) is 0.848. The Morgan fingerprint density at radius 1 is 1.28 bits per heavy atom. The molecule has 2 N–H and O–H groups in total. The SMILES string of the molecule is Cc1ccc(CCNC(=O)C2CCNCC2)cc1. The van der Waals surface area contributed by atoms with Gasteiger partial charge in [-0.2, -0.15) is 0 Å². The van der Waals surface area contributed by atoms with Crippen LogP contribution in [0.1, 0.15) is 24.0 Å². The molecule has 18 heavy (non-hydrogen) atoms. The Bertz CT molecular complexity index is 380. The zero-order chi connectivity index (χ0) is 12.8. The zero-order valence-electron chi connectivity index (χ0n) is 11.0. The van der Waals surface area contributed by atoms with Crippen molar-refractivity contribution in [2.45, 2.75) is 26.2 Å². The molecule has 0 atom stereocenters. The average molecular weight is 246 g/mol. The minimum atomic E-state index is 0.212. The van der Waals surface area contributed by atoms with E-state index in [9.17, 15) is 4.79 Å². The van der Waals surface area contributed by atoms with E-state index >= 15 is 0 Å². The first-order valence-electron chi connectivity index (χ1n) is 6.79. The number of rotatable bonds is 4. The van der Waals surface area contributed by atoms with Crippen LogP contribution >= 0.6 is 0 Å². The first kappa shape index (κ1) is 13.1. The highest BCUT2D eigenvalue weighted by Gasteiger charge is 2.19. The van der Waals surface area contributed by atoms with Crippen molar-refractivity contribution in [2.24, 2.45) is 5.92 Å². The lowest BCUT2D eigenvalue weighted by Crippen LogP contribution is -2.38. The smallest absolute Gasteiger partial charge is 0.223 e. The Morgan fingerprint density at radius 3 is 2.61 bits per heavy atom. The van der Waals surface area contributed by atoms with E-state index in [4.69, 9.17) is 0 Å².